The molecular formula is C8H19N3. The van der Waals surface area contributed by atoms with E-state index in [0.29, 0.717) is 0 Å². The lowest BCUT2D eigenvalue weighted by molar-refractivity contribution is 0.275. The summed E-state index contributed by atoms with van der Waals surface area (Å²) in [5.41, 5.74) is 0. The van der Waals surface area contributed by atoms with Gasteiger partial charge in [-0.1, -0.05) is 6.92 Å². The van der Waals surface area contributed by atoms with Gasteiger partial charge < -0.3 is 5.32 Å². The highest BCUT2D eigenvalue weighted by Crippen LogP contribution is 1.99. The first-order chi connectivity index (χ1) is 5.33. The van der Waals surface area contributed by atoms with Gasteiger partial charge in [0, 0.05) is 26.2 Å². The fourth-order valence-electron chi connectivity index (χ4n) is 1.39. The molecule has 3 heteroatoms. The van der Waals surface area contributed by atoms with Gasteiger partial charge in [-0.25, -0.2) is 0 Å². The summed E-state index contributed by atoms with van der Waals surface area (Å²) >= 11 is 0. The molecule has 1 aliphatic rings. The largest absolute Gasteiger partial charge is 0.316 e. The van der Waals surface area contributed by atoms with Crippen LogP contribution in [0.4, 0.5) is 0 Å². The molecule has 66 valence electrons. The Morgan fingerprint density at radius 2 is 2.18 bits per heavy atom. The fraction of sp³-hybridized carbons (Fsp3) is 1.00. The Kier molecular flexibility index (Phi) is 3.83. The van der Waals surface area contributed by atoms with E-state index in [-0.39, 0.29) is 0 Å². The molecule has 0 aliphatic carbocycles. The van der Waals surface area contributed by atoms with E-state index in [4.69, 9.17) is 0 Å². The maximum Gasteiger partial charge on any atom is 0.0504 e. The first kappa shape index (κ1) is 8.97. The Morgan fingerprint density at radius 3 is 2.73 bits per heavy atom. The van der Waals surface area contributed by atoms with Crippen molar-refractivity contribution in [1.29, 1.82) is 0 Å². The van der Waals surface area contributed by atoms with Gasteiger partial charge in [0.1, 0.15) is 0 Å². The minimum atomic E-state index is 1.09. The quantitative estimate of drug-likeness (QED) is 0.570. The van der Waals surface area contributed by atoms with Crippen molar-refractivity contribution >= 4 is 0 Å². The van der Waals surface area contributed by atoms with Crippen molar-refractivity contribution in [2.75, 3.05) is 46.4 Å². The number of hydrogen-bond donors (Lipinski definition) is 1. The van der Waals surface area contributed by atoms with Gasteiger partial charge >= 0.3 is 0 Å². The first-order valence-corrected chi connectivity index (χ1v) is 4.44. The van der Waals surface area contributed by atoms with E-state index in [0.717, 1.165) is 19.8 Å². The van der Waals surface area contributed by atoms with Gasteiger partial charge in [0.2, 0.25) is 0 Å². The number of likely N-dealkylation sites (N-methyl/N-ethyl adjacent to an activating group) is 2. The molecule has 11 heavy (non-hydrogen) atoms. The van der Waals surface area contributed by atoms with Gasteiger partial charge in [-0.3, -0.25) is 9.80 Å². The summed E-state index contributed by atoms with van der Waals surface area (Å²) in [6, 6.07) is 0. The van der Waals surface area contributed by atoms with E-state index in [1.165, 1.54) is 19.6 Å². The van der Waals surface area contributed by atoms with Gasteiger partial charge in [-0.15, -0.1) is 0 Å². The average Bonchev–Trinajstić information content (AvgIpc) is 2.37. The van der Waals surface area contributed by atoms with Crippen molar-refractivity contribution in [3.8, 4) is 0 Å². The number of nitrogens with one attached hydrogen (secondary N) is 1. The van der Waals surface area contributed by atoms with Crippen LogP contribution < -0.4 is 5.32 Å². The Balaban J connectivity index is 1.99. The zero-order valence-electron chi connectivity index (χ0n) is 7.64. The van der Waals surface area contributed by atoms with Crippen molar-refractivity contribution in [1.82, 2.24) is 15.1 Å². The Hall–Kier alpha value is -0.120. The highest BCUT2D eigenvalue weighted by atomic mass is 15.4. The maximum atomic E-state index is 3.33. The van der Waals surface area contributed by atoms with Crippen LogP contribution in [0.1, 0.15) is 6.92 Å². The third kappa shape index (κ3) is 3.18. The number of rotatable bonds is 4. The molecule has 1 saturated heterocycles. The van der Waals surface area contributed by atoms with E-state index in [1.54, 1.807) is 0 Å². The van der Waals surface area contributed by atoms with Crippen LogP contribution in [0.5, 0.6) is 0 Å². The van der Waals surface area contributed by atoms with E-state index in [1.807, 2.05) is 0 Å². The van der Waals surface area contributed by atoms with Crippen molar-refractivity contribution in [3.05, 3.63) is 0 Å². The third-order valence-electron chi connectivity index (χ3n) is 2.09. The van der Waals surface area contributed by atoms with Crippen LogP contribution in [0.3, 0.4) is 0 Å². The predicted octanol–water partition coefficient (Wildman–Crippen LogP) is -0.199. The SMILES string of the molecule is CCNCCN1CCN(C)C1. The molecule has 0 radical (unpaired) electrons. The minimum Gasteiger partial charge on any atom is -0.316 e. The summed E-state index contributed by atoms with van der Waals surface area (Å²) in [4.78, 5) is 4.83. The van der Waals surface area contributed by atoms with E-state index < -0.39 is 0 Å². The Bertz CT molecular complexity index is 106. The second-order valence-electron chi connectivity index (χ2n) is 3.19. The molecule has 1 fully saturated rings. The van der Waals surface area contributed by atoms with Crippen LogP contribution in [0.2, 0.25) is 0 Å². The summed E-state index contributed by atoms with van der Waals surface area (Å²) < 4.78 is 0. The molecule has 3 nitrogen and oxygen atoms in total. The molecular weight excluding hydrogens is 138 g/mol. The molecule has 1 rings (SSSR count). The minimum absolute atomic E-state index is 1.09. The molecule has 0 atom stereocenters. The summed E-state index contributed by atoms with van der Waals surface area (Å²) in [6.07, 6.45) is 0. The zero-order chi connectivity index (χ0) is 8.10. The van der Waals surface area contributed by atoms with Gasteiger partial charge in [0.05, 0.1) is 6.67 Å². The summed E-state index contributed by atoms with van der Waals surface area (Å²) in [5.74, 6) is 0. The highest BCUT2D eigenvalue weighted by Gasteiger charge is 2.14. The lowest BCUT2D eigenvalue weighted by atomic mass is 10.5. The molecule has 0 unspecified atom stereocenters. The summed E-state index contributed by atoms with van der Waals surface area (Å²) in [7, 11) is 2.17. The molecule has 0 aromatic rings. The average molecular weight is 157 g/mol. The number of nitrogens with zero attached hydrogens (tertiary/aromatic N) is 2. The standard InChI is InChI=1S/C8H19N3/c1-3-9-4-5-11-7-6-10(2)8-11/h9H,3-8H2,1-2H3. The van der Waals surface area contributed by atoms with Crippen molar-refractivity contribution in [2.45, 2.75) is 6.92 Å². The van der Waals surface area contributed by atoms with E-state index in [2.05, 4.69) is 29.1 Å². The Labute approximate surface area is 69.4 Å². The van der Waals surface area contributed by atoms with Gasteiger partial charge in [-0.05, 0) is 13.6 Å². The molecule has 0 bridgehead atoms. The van der Waals surface area contributed by atoms with Crippen LogP contribution in [-0.4, -0.2) is 56.2 Å². The molecule has 1 N–H and O–H groups in total. The van der Waals surface area contributed by atoms with Crippen molar-refractivity contribution in [3.63, 3.8) is 0 Å². The lowest BCUT2D eigenvalue weighted by Gasteiger charge is -2.14. The molecule has 1 heterocycles. The molecule has 1 aliphatic heterocycles. The summed E-state index contributed by atoms with van der Waals surface area (Å²) in [6.45, 7) is 9.17. The van der Waals surface area contributed by atoms with Gasteiger partial charge in [0.15, 0.2) is 0 Å². The lowest BCUT2D eigenvalue weighted by Crippen LogP contribution is -2.31. The normalized spacial score (nSPS) is 21.3. The van der Waals surface area contributed by atoms with Gasteiger partial charge in [0.25, 0.3) is 0 Å². The number of hydrogen-bond acceptors (Lipinski definition) is 3. The highest BCUT2D eigenvalue weighted by molar-refractivity contribution is 4.68. The monoisotopic (exact) mass is 157 g/mol. The van der Waals surface area contributed by atoms with Crippen LogP contribution in [0.25, 0.3) is 0 Å². The van der Waals surface area contributed by atoms with Crippen LogP contribution in [0.15, 0.2) is 0 Å². The molecule has 0 amide bonds. The smallest absolute Gasteiger partial charge is 0.0504 e. The molecule has 0 aromatic carbocycles. The summed E-state index contributed by atoms with van der Waals surface area (Å²) in [5, 5.41) is 3.33. The topological polar surface area (TPSA) is 18.5 Å². The van der Waals surface area contributed by atoms with E-state index >= 15 is 0 Å². The van der Waals surface area contributed by atoms with Crippen LogP contribution >= 0.6 is 0 Å². The van der Waals surface area contributed by atoms with E-state index in [9.17, 15) is 0 Å². The second kappa shape index (κ2) is 4.70. The predicted molar refractivity (Wildman–Crippen MR) is 47.6 cm³/mol. The molecule has 0 spiro atoms. The Morgan fingerprint density at radius 1 is 1.36 bits per heavy atom. The molecule has 0 aromatic heterocycles. The first-order valence-electron chi connectivity index (χ1n) is 4.44. The third-order valence-corrected chi connectivity index (χ3v) is 2.09. The van der Waals surface area contributed by atoms with Crippen LogP contribution in [-0.2, 0) is 0 Å². The van der Waals surface area contributed by atoms with Crippen LogP contribution in [0, 0.1) is 0 Å². The maximum absolute atomic E-state index is 3.33. The van der Waals surface area contributed by atoms with Gasteiger partial charge in [-0.2, -0.15) is 0 Å². The molecule has 0 saturated carbocycles. The van der Waals surface area contributed by atoms with Crippen molar-refractivity contribution in [2.24, 2.45) is 0 Å². The second-order valence-corrected chi connectivity index (χ2v) is 3.19. The fourth-order valence-corrected chi connectivity index (χ4v) is 1.39. The van der Waals surface area contributed by atoms with Crippen molar-refractivity contribution < 1.29 is 0 Å². The zero-order valence-corrected chi connectivity index (χ0v) is 7.64.